The molecule has 0 aliphatic rings. The summed E-state index contributed by atoms with van der Waals surface area (Å²) in [5.41, 5.74) is 3.29. The number of hydrogen-bond donors (Lipinski definition) is 2. The SMILES string of the molecule is COc1cc(CNc2cccc(C(=O)NCC(C)C)c2)cc(Br)c1OCc1ccc(F)cc1. The topological polar surface area (TPSA) is 59.6 Å². The van der Waals surface area contributed by atoms with Gasteiger partial charge >= 0.3 is 0 Å². The van der Waals surface area contributed by atoms with Gasteiger partial charge in [-0.15, -0.1) is 0 Å². The van der Waals surface area contributed by atoms with E-state index in [2.05, 4.69) is 40.4 Å². The second-order valence-corrected chi connectivity index (χ2v) is 8.92. The van der Waals surface area contributed by atoms with Crippen LogP contribution in [-0.2, 0) is 13.2 Å². The number of methoxy groups -OCH3 is 1. The summed E-state index contributed by atoms with van der Waals surface area (Å²) >= 11 is 3.56. The Balaban J connectivity index is 1.66. The number of anilines is 1. The van der Waals surface area contributed by atoms with Gasteiger partial charge in [0.25, 0.3) is 5.91 Å². The Morgan fingerprint density at radius 3 is 2.52 bits per heavy atom. The van der Waals surface area contributed by atoms with Crippen molar-refractivity contribution in [1.29, 1.82) is 0 Å². The quantitative estimate of drug-likeness (QED) is 0.339. The fraction of sp³-hybridized carbons (Fsp3) is 0.269. The van der Waals surface area contributed by atoms with Gasteiger partial charge in [-0.1, -0.05) is 32.0 Å². The Hall–Kier alpha value is -3.06. The minimum absolute atomic E-state index is 0.0839. The molecular formula is C26H28BrFN2O3. The van der Waals surface area contributed by atoms with E-state index in [1.165, 1.54) is 12.1 Å². The molecule has 5 nitrogen and oxygen atoms in total. The molecule has 0 aliphatic carbocycles. The number of ether oxygens (including phenoxy) is 2. The third-order valence-corrected chi connectivity index (χ3v) is 5.47. The van der Waals surface area contributed by atoms with Crippen molar-refractivity contribution in [3.05, 3.63) is 87.6 Å². The summed E-state index contributed by atoms with van der Waals surface area (Å²) in [5.74, 6) is 1.20. The molecule has 0 spiro atoms. The molecule has 174 valence electrons. The molecule has 3 aromatic carbocycles. The van der Waals surface area contributed by atoms with Gasteiger partial charge in [0.1, 0.15) is 12.4 Å². The van der Waals surface area contributed by atoms with Crippen molar-refractivity contribution in [3.63, 3.8) is 0 Å². The molecule has 2 N–H and O–H groups in total. The highest BCUT2D eigenvalue weighted by atomic mass is 79.9. The predicted octanol–water partition coefficient (Wildman–Crippen LogP) is 6.17. The molecule has 33 heavy (non-hydrogen) atoms. The van der Waals surface area contributed by atoms with Crippen LogP contribution < -0.4 is 20.1 Å². The lowest BCUT2D eigenvalue weighted by molar-refractivity contribution is 0.0949. The molecule has 0 fully saturated rings. The summed E-state index contributed by atoms with van der Waals surface area (Å²) in [6.45, 7) is 5.58. The van der Waals surface area contributed by atoms with Gasteiger partial charge < -0.3 is 20.1 Å². The van der Waals surface area contributed by atoms with Crippen LogP contribution in [0.5, 0.6) is 11.5 Å². The van der Waals surface area contributed by atoms with Crippen LogP contribution in [0.25, 0.3) is 0 Å². The smallest absolute Gasteiger partial charge is 0.251 e. The molecule has 0 radical (unpaired) electrons. The molecule has 0 aromatic heterocycles. The average Bonchev–Trinajstić information content (AvgIpc) is 2.81. The zero-order chi connectivity index (χ0) is 23.8. The highest BCUT2D eigenvalue weighted by molar-refractivity contribution is 9.10. The Morgan fingerprint density at radius 2 is 1.82 bits per heavy atom. The summed E-state index contributed by atoms with van der Waals surface area (Å²) in [5, 5.41) is 6.28. The molecule has 3 aromatic rings. The first-order valence-corrected chi connectivity index (χ1v) is 11.5. The zero-order valence-electron chi connectivity index (χ0n) is 19.0. The number of carbonyl (C=O) groups excluding carboxylic acids is 1. The first kappa shape index (κ1) is 24.6. The fourth-order valence-corrected chi connectivity index (χ4v) is 3.73. The Kier molecular flexibility index (Phi) is 8.72. The monoisotopic (exact) mass is 514 g/mol. The molecule has 0 atom stereocenters. The number of amides is 1. The van der Waals surface area contributed by atoms with E-state index in [9.17, 15) is 9.18 Å². The number of halogens is 2. The Morgan fingerprint density at radius 1 is 1.06 bits per heavy atom. The third kappa shape index (κ3) is 7.22. The van der Waals surface area contributed by atoms with E-state index in [1.54, 1.807) is 25.3 Å². The normalized spacial score (nSPS) is 10.7. The van der Waals surface area contributed by atoms with Crippen LogP contribution in [0.15, 0.2) is 65.1 Å². The van der Waals surface area contributed by atoms with E-state index in [0.717, 1.165) is 21.3 Å². The number of carbonyl (C=O) groups is 1. The van der Waals surface area contributed by atoms with Crippen LogP contribution >= 0.6 is 15.9 Å². The largest absolute Gasteiger partial charge is 0.493 e. The van der Waals surface area contributed by atoms with Crippen LogP contribution in [0.3, 0.4) is 0 Å². The summed E-state index contributed by atoms with van der Waals surface area (Å²) in [6.07, 6.45) is 0. The lowest BCUT2D eigenvalue weighted by Gasteiger charge is -2.15. The van der Waals surface area contributed by atoms with Gasteiger partial charge in [-0.25, -0.2) is 4.39 Å². The first-order chi connectivity index (χ1) is 15.9. The van der Waals surface area contributed by atoms with E-state index in [0.29, 0.717) is 42.7 Å². The van der Waals surface area contributed by atoms with Gasteiger partial charge in [-0.05, 0) is 75.4 Å². The number of hydrogen-bond acceptors (Lipinski definition) is 4. The van der Waals surface area contributed by atoms with Gasteiger partial charge in [0, 0.05) is 24.3 Å². The second-order valence-electron chi connectivity index (χ2n) is 8.06. The number of rotatable bonds is 10. The maximum Gasteiger partial charge on any atom is 0.251 e. The molecule has 0 heterocycles. The highest BCUT2D eigenvalue weighted by Crippen LogP contribution is 2.37. The molecule has 0 saturated carbocycles. The predicted molar refractivity (Wildman–Crippen MR) is 132 cm³/mol. The number of benzene rings is 3. The molecule has 3 rings (SSSR count). The van der Waals surface area contributed by atoms with E-state index >= 15 is 0 Å². The van der Waals surface area contributed by atoms with Crippen LogP contribution in [0.2, 0.25) is 0 Å². The van der Waals surface area contributed by atoms with Gasteiger partial charge in [0.2, 0.25) is 0 Å². The van der Waals surface area contributed by atoms with E-state index in [-0.39, 0.29) is 11.7 Å². The highest BCUT2D eigenvalue weighted by Gasteiger charge is 2.13. The number of nitrogens with one attached hydrogen (secondary N) is 2. The van der Waals surface area contributed by atoms with Crippen LogP contribution in [0.1, 0.15) is 35.3 Å². The Bertz CT molecular complexity index is 1090. The molecule has 0 aliphatic heterocycles. The fourth-order valence-electron chi connectivity index (χ4n) is 3.12. The van der Waals surface area contributed by atoms with Crippen molar-refractivity contribution in [2.45, 2.75) is 27.0 Å². The molecule has 1 amide bonds. The Labute approximate surface area is 202 Å². The standard InChI is InChI=1S/C26H28BrFN2O3/c1-17(2)14-30-26(31)20-5-4-6-22(13-20)29-15-19-11-23(27)25(24(12-19)32-3)33-16-18-7-9-21(28)10-8-18/h4-13,17,29H,14-16H2,1-3H3,(H,30,31). The maximum atomic E-state index is 13.1. The summed E-state index contributed by atoms with van der Waals surface area (Å²) in [4.78, 5) is 12.3. The lowest BCUT2D eigenvalue weighted by Crippen LogP contribution is -2.27. The van der Waals surface area contributed by atoms with E-state index in [4.69, 9.17) is 9.47 Å². The molecule has 7 heteroatoms. The molecular weight excluding hydrogens is 487 g/mol. The van der Waals surface area contributed by atoms with Crippen molar-refractivity contribution in [1.82, 2.24) is 5.32 Å². The van der Waals surface area contributed by atoms with Crippen molar-refractivity contribution < 1.29 is 18.7 Å². The van der Waals surface area contributed by atoms with Crippen molar-refractivity contribution in [2.24, 2.45) is 5.92 Å². The first-order valence-electron chi connectivity index (χ1n) is 10.7. The van der Waals surface area contributed by atoms with Crippen molar-refractivity contribution in [2.75, 3.05) is 19.0 Å². The third-order valence-electron chi connectivity index (χ3n) is 4.88. The van der Waals surface area contributed by atoms with Crippen molar-refractivity contribution >= 4 is 27.5 Å². The summed E-state index contributed by atoms with van der Waals surface area (Å²) in [6, 6.07) is 17.4. The lowest BCUT2D eigenvalue weighted by atomic mass is 10.1. The average molecular weight is 515 g/mol. The van der Waals surface area contributed by atoms with E-state index in [1.807, 2.05) is 30.3 Å². The van der Waals surface area contributed by atoms with Gasteiger partial charge in [0.05, 0.1) is 11.6 Å². The second kappa shape index (κ2) is 11.7. The minimum atomic E-state index is -0.281. The molecule has 0 saturated heterocycles. The van der Waals surface area contributed by atoms with Gasteiger partial charge in [0.15, 0.2) is 11.5 Å². The van der Waals surface area contributed by atoms with Crippen LogP contribution in [0, 0.1) is 11.7 Å². The van der Waals surface area contributed by atoms with Crippen molar-refractivity contribution in [3.8, 4) is 11.5 Å². The van der Waals surface area contributed by atoms with Crippen LogP contribution in [-0.4, -0.2) is 19.6 Å². The van der Waals surface area contributed by atoms with Crippen LogP contribution in [0.4, 0.5) is 10.1 Å². The van der Waals surface area contributed by atoms with Gasteiger partial charge in [-0.3, -0.25) is 4.79 Å². The zero-order valence-corrected chi connectivity index (χ0v) is 20.5. The summed E-state index contributed by atoms with van der Waals surface area (Å²) in [7, 11) is 1.59. The molecule has 0 unspecified atom stereocenters. The molecule has 0 bridgehead atoms. The maximum absolute atomic E-state index is 13.1. The summed E-state index contributed by atoms with van der Waals surface area (Å²) < 4.78 is 25.3. The minimum Gasteiger partial charge on any atom is -0.493 e. The van der Waals surface area contributed by atoms with Gasteiger partial charge in [-0.2, -0.15) is 0 Å². The van der Waals surface area contributed by atoms with E-state index < -0.39 is 0 Å².